The highest BCUT2D eigenvalue weighted by molar-refractivity contribution is 7.26. The van der Waals surface area contributed by atoms with Gasteiger partial charge in [0.05, 0.1) is 41.3 Å². The lowest BCUT2D eigenvalue weighted by molar-refractivity contribution is -0.0395. The van der Waals surface area contributed by atoms with E-state index in [-0.39, 0.29) is 18.2 Å². The number of aromatic nitrogens is 3. The van der Waals surface area contributed by atoms with E-state index in [4.69, 9.17) is 14.1 Å². The molecule has 0 amide bonds. The molecule has 0 fully saturated rings. The molecule has 8 heteroatoms. The second kappa shape index (κ2) is 7.30. The van der Waals surface area contributed by atoms with Gasteiger partial charge in [0.2, 0.25) is 0 Å². The zero-order valence-corrected chi connectivity index (χ0v) is 18.0. The van der Waals surface area contributed by atoms with Crippen molar-refractivity contribution < 1.29 is 14.3 Å². The van der Waals surface area contributed by atoms with E-state index in [1.54, 1.807) is 23.9 Å². The average Bonchev–Trinajstić information content (AvgIpc) is 3.38. The minimum atomic E-state index is -0.270. The first-order valence-corrected chi connectivity index (χ1v) is 11.0. The number of rotatable bonds is 5. The Morgan fingerprint density at radius 3 is 2.90 bits per heavy atom. The zero-order chi connectivity index (χ0) is 20.9. The number of hydrogen-bond acceptors (Lipinski definition) is 8. The van der Waals surface area contributed by atoms with Crippen LogP contribution in [-0.2, 0) is 17.8 Å². The summed E-state index contributed by atoms with van der Waals surface area (Å²) >= 11 is 1.57. The summed E-state index contributed by atoms with van der Waals surface area (Å²) in [4.78, 5) is 15.0. The molecule has 1 aliphatic heterocycles. The smallest absolute Gasteiger partial charge is 0.152 e. The fourth-order valence-corrected chi connectivity index (χ4v) is 5.11. The molecular formula is C22H24N4O3S. The van der Waals surface area contributed by atoms with Crippen molar-refractivity contribution in [3.63, 3.8) is 0 Å². The second-order valence-electron chi connectivity index (χ2n) is 8.23. The summed E-state index contributed by atoms with van der Waals surface area (Å²) in [5.41, 5.74) is 3.73. The third-order valence-corrected chi connectivity index (χ3v) is 6.72. The molecule has 156 valence electrons. The third-order valence-electron chi connectivity index (χ3n) is 5.64. The van der Waals surface area contributed by atoms with Crippen LogP contribution in [0.1, 0.15) is 38.3 Å². The van der Waals surface area contributed by atoms with Crippen LogP contribution in [0.4, 0.5) is 5.82 Å². The Kier molecular flexibility index (Phi) is 4.72. The maximum absolute atomic E-state index is 9.62. The summed E-state index contributed by atoms with van der Waals surface area (Å²) in [6, 6.07) is 3.75. The number of thiophene rings is 1. The largest absolute Gasteiger partial charge is 0.463 e. The predicted molar refractivity (Wildman–Crippen MR) is 118 cm³/mol. The van der Waals surface area contributed by atoms with Gasteiger partial charge >= 0.3 is 0 Å². The van der Waals surface area contributed by atoms with Crippen LogP contribution in [0.2, 0.25) is 0 Å². The summed E-state index contributed by atoms with van der Waals surface area (Å²) in [5.74, 6) is 1.48. The van der Waals surface area contributed by atoms with E-state index in [1.807, 2.05) is 19.1 Å². The van der Waals surface area contributed by atoms with Gasteiger partial charge < -0.3 is 19.6 Å². The molecule has 2 N–H and O–H groups in total. The van der Waals surface area contributed by atoms with Crippen molar-refractivity contribution in [2.24, 2.45) is 0 Å². The maximum Gasteiger partial charge on any atom is 0.152 e. The highest BCUT2D eigenvalue weighted by Gasteiger charge is 2.32. The molecule has 0 bridgehead atoms. The monoisotopic (exact) mass is 424 g/mol. The van der Waals surface area contributed by atoms with E-state index in [1.165, 1.54) is 5.56 Å². The van der Waals surface area contributed by atoms with Crippen molar-refractivity contribution in [1.29, 1.82) is 0 Å². The standard InChI is InChI=1S/C22H24N4O3S/c1-4-12(9-27)25-20-19-18(23-11-24-20)16-13-8-22(2,3)29-10-14(13)17(26-21(16)30-19)15-6-5-7-28-15/h5-7,11-12,27H,4,8-10H2,1-3H3,(H,23,24,25)/t12-/m0/s1. The maximum atomic E-state index is 9.62. The van der Waals surface area contributed by atoms with Crippen LogP contribution in [0, 0.1) is 0 Å². The van der Waals surface area contributed by atoms with Gasteiger partial charge in [0.15, 0.2) is 5.76 Å². The molecule has 5 heterocycles. The number of furan rings is 1. The van der Waals surface area contributed by atoms with Crippen LogP contribution in [0.25, 0.3) is 31.9 Å². The molecular weight excluding hydrogens is 400 g/mol. The van der Waals surface area contributed by atoms with Gasteiger partial charge in [-0.2, -0.15) is 0 Å². The van der Waals surface area contributed by atoms with Gasteiger partial charge in [0.25, 0.3) is 0 Å². The van der Waals surface area contributed by atoms with Crippen LogP contribution in [0.15, 0.2) is 29.1 Å². The SMILES string of the molecule is CC[C@@H](CO)Nc1ncnc2c1sc1nc(-c3ccco3)c3c(c12)CC(C)(C)OC3. The summed E-state index contributed by atoms with van der Waals surface area (Å²) in [7, 11) is 0. The highest BCUT2D eigenvalue weighted by atomic mass is 32.1. The van der Waals surface area contributed by atoms with E-state index in [9.17, 15) is 5.11 Å². The molecule has 1 aliphatic rings. The second-order valence-corrected chi connectivity index (χ2v) is 9.23. The van der Waals surface area contributed by atoms with Gasteiger partial charge in [0.1, 0.15) is 22.7 Å². The van der Waals surface area contributed by atoms with Crippen LogP contribution in [0.5, 0.6) is 0 Å². The number of fused-ring (bicyclic) bond motifs is 5. The highest BCUT2D eigenvalue weighted by Crippen LogP contribution is 2.44. The Labute approximate surface area is 178 Å². The Hall–Kier alpha value is -2.55. The molecule has 4 aromatic heterocycles. The van der Waals surface area contributed by atoms with Crippen LogP contribution in [-0.4, -0.2) is 38.3 Å². The summed E-state index contributed by atoms with van der Waals surface area (Å²) < 4.78 is 12.8. The van der Waals surface area contributed by atoms with E-state index in [0.29, 0.717) is 6.61 Å². The lowest BCUT2D eigenvalue weighted by Crippen LogP contribution is -2.32. The molecule has 0 saturated carbocycles. The first kappa shape index (κ1) is 19.4. The van der Waals surface area contributed by atoms with Crippen molar-refractivity contribution in [2.75, 3.05) is 11.9 Å². The van der Waals surface area contributed by atoms with Gasteiger partial charge in [-0.1, -0.05) is 6.92 Å². The van der Waals surface area contributed by atoms with Crippen molar-refractivity contribution in [3.05, 3.63) is 35.9 Å². The first-order valence-electron chi connectivity index (χ1n) is 10.1. The van der Waals surface area contributed by atoms with Gasteiger partial charge in [-0.25, -0.2) is 15.0 Å². The lowest BCUT2D eigenvalue weighted by atomic mass is 9.89. The van der Waals surface area contributed by atoms with Gasteiger partial charge in [-0.15, -0.1) is 11.3 Å². The molecule has 0 unspecified atom stereocenters. The molecule has 0 spiro atoms. The Balaban J connectivity index is 1.79. The number of nitrogens with zero attached hydrogens (tertiary/aromatic N) is 3. The van der Waals surface area contributed by atoms with Gasteiger partial charge in [0, 0.05) is 17.4 Å². The van der Waals surface area contributed by atoms with E-state index in [0.717, 1.165) is 56.1 Å². The van der Waals surface area contributed by atoms with E-state index >= 15 is 0 Å². The van der Waals surface area contributed by atoms with Crippen molar-refractivity contribution in [3.8, 4) is 11.5 Å². The number of hydrogen-bond donors (Lipinski definition) is 2. The Morgan fingerprint density at radius 2 is 2.17 bits per heavy atom. The first-order chi connectivity index (χ1) is 14.5. The van der Waals surface area contributed by atoms with E-state index in [2.05, 4.69) is 29.1 Å². The molecule has 0 aliphatic carbocycles. The summed E-state index contributed by atoms with van der Waals surface area (Å²) in [6.45, 7) is 6.79. The minimum Gasteiger partial charge on any atom is -0.463 e. The number of anilines is 1. The van der Waals surface area contributed by atoms with Crippen molar-refractivity contribution in [1.82, 2.24) is 15.0 Å². The lowest BCUT2D eigenvalue weighted by Gasteiger charge is -2.32. The molecule has 0 aromatic carbocycles. The summed E-state index contributed by atoms with van der Waals surface area (Å²) in [6.07, 6.45) is 4.81. The van der Waals surface area contributed by atoms with Crippen molar-refractivity contribution in [2.45, 2.75) is 51.9 Å². The van der Waals surface area contributed by atoms with Gasteiger partial charge in [-0.3, -0.25) is 0 Å². The number of aliphatic hydroxyl groups excluding tert-OH is 1. The Bertz CT molecular complexity index is 1210. The quantitative estimate of drug-likeness (QED) is 0.486. The number of nitrogens with one attached hydrogen (secondary N) is 1. The van der Waals surface area contributed by atoms with Crippen LogP contribution >= 0.6 is 11.3 Å². The normalized spacial score (nSPS) is 16.7. The van der Waals surface area contributed by atoms with Crippen LogP contribution in [0.3, 0.4) is 0 Å². The molecule has 7 nitrogen and oxygen atoms in total. The predicted octanol–water partition coefficient (Wildman–Crippen LogP) is 4.53. The van der Waals surface area contributed by atoms with Crippen LogP contribution < -0.4 is 5.32 Å². The summed E-state index contributed by atoms with van der Waals surface area (Å²) in [5, 5.41) is 14.0. The molecule has 0 saturated heterocycles. The molecule has 30 heavy (non-hydrogen) atoms. The Morgan fingerprint density at radius 1 is 1.30 bits per heavy atom. The van der Waals surface area contributed by atoms with Crippen molar-refractivity contribution >= 4 is 37.6 Å². The fourth-order valence-electron chi connectivity index (χ4n) is 4.00. The number of aliphatic hydroxyl groups is 1. The van der Waals surface area contributed by atoms with Gasteiger partial charge in [-0.05, 0) is 38.0 Å². The third kappa shape index (κ3) is 3.15. The molecule has 1 atom stereocenters. The fraction of sp³-hybridized carbons (Fsp3) is 0.409. The molecule has 5 rings (SSSR count). The molecule has 0 radical (unpaired) electrons. The topological polar surface area (TPSA) is 93.3 Å². The number of pyridine rings is 1. The van der Waals surface area contributed by atoms with E-state index < -0.39 is 0 Å². The zero-order valence-electron chi connectivity index (χ0n) is 17.2. The average molecular weight is 425 g/mol. The minimum absolute atomic E-state index is 0.0503. The number of ether oxygens (including phenoxy) is 1. The molecule has 4 aromatic rings.